The minimum absolute atomic E-state index is 0.242. The van der Waals surface area contributed by atoms with E-state index < -0.39 is 0 Å². The van der Waals surface area contributed by atoms with Crippen LogP contribution in [-0.4, -0.2) is 14.8 Å². The van der Waals surface area contributed by atoms with Crippen molar-refractivity contribution in [3.05, 3.63) is 107 Å². The summed E-state index contributed by atoms with van der Waals surface area (Å²) in [6.07, 6.45) is 0. The number of nitrogens with zero attached hydrogens (tertiary/aromatic N) is 4. The second kappa shape index (κ2) is 8.33. The Kier molecular flexibility index (Phi) is 5.08. The lowest BCUT2D eigenvalue weighted by Gasteiger charge is -2.01. The third-order valence-electron chi connectivity index (χ3n) is 4.74. The van der Waals surface area contributed by atoms with Gasteiger partial charge < -0.3 is 0 Å². The monoisotopic (exact) mass is 423 g/mol. The van der Waals surface area contributed by atoms with Crippen molar-refractivity contribution in [2.75, 3.05) is 0 Å². The smallest absolute Gasteiger partial charge is 0.288 e. The quantitative estimate of drug-likeness (QED) is 0.333. The Balaban J connectivity index is 1.56. The number of hydrogen-bond acceptors (Lipinski definition) is 5. The molecule has 0 bridgehead atoms. The van der Waals surface area contributed by atoms with Crippen LogP contribution in [0.15, 0.2) is 111 Å². The van der Waals surface area contributed by atoms with E-state index in [1.165, 1.54) is 16.0 Å². The fourth-order valence-corrected chi connectivity index (χ4v) is 3.88. The zero-order valence-corrected chi connectivity index (χ0v) is 17.2. The molecule has 0 aliphatic carbocycles. The molecule has 7 heteroatoms. The SMILES string of the molecule is O=c1c(N=Nc2nc(-c3ccccc3)cs2)c(-c2ccccc2)[nH]n1-c1ccccc1. The van der Waals surface area contributed by atoms with Gasteiger partial charge in [0.15, 0.2) is 5.69 Å². The van der Waals surface area contributed by atoms with Crippen molar-refractivity contribution in [1.82, 2.24) is 14.8 Å². The Bertz CT molecular complexity index is 1390. The number of aromatic amines is 1. The summed E-state index contributed by atoms with van der Waals surface area (Å²) in [6.45, 7) is 0. The molecular formula is C24H17N5OS. The molecule has 0 radical (unpaired) electrons. The highest BCUT2D eigenvalue weighted by Gasteiger charge is 2.17. The number of aromatic nitrogens is 3. The van der Waals surface area contributed by atoms with Crippen molar-refractivity contribution >= 4 is 22.2 Å². The van der Waals surface area contributed by atoms with Gasteiger partial charge in [-0.2, -0.15) is 0 Å². The minimum atomic E-state index is -0.270. The second-order valence-corrected chi connectivity index (χ2v) is 7.60. The molecule has 0 unspecified atom stereocenters. The van der Waals surface area contributed by atoms with Crippen molar-refractivity contribution in [3.8, 4) is 28.2 Å². The summed E-state index contributed by atoms with van der Waals surface area (Å²) in [5.41, 5.74) is 4.01. The normalized spacial score (nSPS) is 11.2. The van der Waals surface area contributed by atoms with Crippen LogP contribution in [0.1, 0.15) is 0 Å². The first kappa shape index (κ1) is 18.9. The molecule has 6 nitrogen and oxygen atoms in total. The van der Waals surface area contributed by atoms with Gasteiger partial charge in [0.25, 0.3) is 5.56 Å². The van der Waals surface area contributed by atoms with Crippen molar-refractivity contribution in [1.29, 1.82) is 0 Å². The predicted molar refractivity (Wildman–Crippen MR) is 124 cm³/mol. The van der Waals surface area contributed by atoms with Crippen LogP contribution < -0.4 is 5.56 Å². The zero-order valence-electron chi connectivity index (χ0n) is 16.3. The molecule has 1 N–H and O–H groups in total. The standard InChI is InChI=1S/C24H17N5OS/c30-23-22(26-27-24-25-20(16-31-24)17-10-4-1-5-11-17)21(18-12-6-2-7-13-18)28-29(23)19-14-8-3-9-15-19/h1-16,28H. The van der Waals surface area contributed by atoms with E-state index in [0.29, 0.717) is 10.8 Å². The van der Waals surface area contributed by atoms with Crippen molar-refractivity contribution in [2.24, 2.45) is 10.2 Å². The molecule has 150 valence electrons. The van der Waals surface area contributed by atoms with E-state index in [2.05, 4.69) is 20.3 Å². The molecule has 0 atom stereocenters. The van der Waals surface area contributed by atoms with E-state index >= 15 is 0 Å². The Morgan fingerprint density at radius 3 is 2.06 bits per heavy atom. The highest BCUT2D eigenvalue weighted by atomic mass is 32.1. The summed E-state index contributed by atoms with van der Waals surface area (Å²) in [4.78, 5) is 17.7. The first-order valence-electron chi connectivity index (χ1n) is 9.68. The summed E-state index contributed by atoms with van der Waals surface area (Å²) in [7, 11) is 0. The number of para-hydroxylation sites is 1. The molecular weight excluding hydrogens is 406 g/mol. The summed E-state index contributed by atoms with van der Waals surface area (Å²) in [5.74, 6) is 0. The van der Waals surface area contributed by atoms with Crippen molar-refractivity contribution in [3.63, 3.8) is 0 Å². The van der Waals surface area contributed by atoms with E-state index in [-0.39, 0.29) is 11.2 Å². The first-order valence-corrected chi connectivity index (χ1v) is 10.6. The second-order valence-electron chi connectivity index (χ2n) is 6.76. The Morgan fingerprint density at radius 2 is 1.39 bits per heavy atom. The minimum Gasteiger partial charge on any atom is -0.288 e. The Hall–Kier alpha value is -4.10. The number of hydrogen-bond donors (Lipinski definition) is 1. The number of nitrogens with one attached hydrogen (secondary N) is 1. The third-order valence-corrected chi connectivity index (χ3v) is 5.46. The van der Waals surface area contributed by atoms with Gasteiger partial charge in [0.2, 0.25) is 5.13 Å². The van der Waals surface area contributed by atoms with Gasteiger partial charge in [-0.05, 0) is 12.1 Å². The molecule has 0 aliphatic rings. The number of azo groups is 1. The van der Waals surface area contributed by atoms with Crippen LogP contribution in [0.3, 0.4) is 0 Å². The van der Waals surface area contributed by atoms with Gasteiger partial charge in [-0.1, -0.05) is 78.9 Å². The van der Waals surface area contributed by atoms with Crippen molar-refractivity contribution < 1.29 is 0 Å². The molecule has 5 rings (SSSR count). The van der Waals surface area contributed by atoms with Crippen LogP contribution in [0.5, 0.6) is 0 Å². The van der Waals surface area contributed by atoms with E-state index in [1.54, 1.807) is 0 Å². The van der Waals surface area contributed by atoms with E-state index in [1.807, 2.05) is 96.4 Å². The lowest BCUT2D eigenvalue weighted by atomic mass is 10.1. The summed E-state index contributed by atoms with van der Waals surface area (Å²) >= 11 is 1.38. The van der Waals surface area contributed by atoms with Gasteiger partial charge in [0, 0.05) is 16.5 Å². The van der Waals surface area contributed by atoms with Crippen LogP contribution >= 0.6 is 11.3 Å². The molecule has 0 spiro atoms. The predicted octanol–water partition coefficient (Wildman–Crippen LogP) is 6.37. The Labute approximate surface area is 182 Å². The van der Waals surface area contributed by atoms with Gasteiger partial charge in [-0.3, -0.25) is 9.89 Å². The van der Waals surface area contributed by atoms with Crippen molar-refractivity contribution in [2.45, 2.75) is 0 Å². The van der Waals surface area contributed by atoms with E-state index in [0.717, 1.165) is 22.5 Å². The van der Waals surface area contributed by atoms with E-state index in [4.69, 9.17) is 0 Å². The number of rotatable bonds is 5. The zero-order chi connectivity index (χ0) is 21.0. The number of H-pyrrole nitrogens is 1. The molecule has 5 aromatic rings. The summed E-state index contributed by atoms with van der Waals surface area (Å²) in [6, 6.07) is 28.9. The maximum Gasteiger partial charge on any atom is 0.299 e. The number of thiazole rings is 1. The topological polar surface area (TPSA) is 75.4 Å². The molecule has 2 aromatic heterocycles. The first-order chi connectivity index (χ1) is 15.3. The number of benzene rings is 3. The van der Waals surface area contributed by atoms with Crippen LogP contribution in [0.4, 0.5) is 10.8 Å². The van der Waals surface area contributed by atoms with E-state index in [9.17, 15) is 4.79 Å². The summed E-state index contributed by atoms with van der Waals surface area (Å²) < 4.78 is 1.48. The third kappa shape index (κ3) is 3.86. The van der Waals surface area contributed by atoms with Gasteiger partial charge in [-0.15, -0.1) is 21.6 Å². The molecule has 0 fully saturated rings. The maximum atomic E-state index is 13.2. The molecule has 0 amide bonds. The van der Waals surface area contributed by atoms with Gasteiger partial charge in [0.05, 0.1) is 17.1 Å². The average Bonchev–Trinajstić information content (AvgIpc) is 3.44. The maximum absolute atomic E-state index is 13.2. The molecule has 3 aromatic carbocycles. The van der Waals surface area contributed by atoms with Crippen LogP contribution in [-0.2, 0) is 0 Å². The summed E-state index contributed by atoms with van der Waals surface area (Å²) in [5, 5.41) is 14.2. The largest absolute Gasteiger partial charge is 0.299 e. The van der Waals surface area contributed by atoms with Gasteiger partial charge in [-0.25, -0.2) is 9.67 Å². The lowest BCUT2D eigenvalue weighted by molar-refractivity contribution is 0.852. The fraction of sp³-hybridized carbons (Fsp3) is 0. The van der Waals surface area contributed by atoms with Gasteiger partial charge in [0.1, 0.15) is 0 Å². The van der Waals surface area contributed by atoms with Crippen LogP contribution in [0, 0.1) is 0 Å². The highest BCUT2D eigenvalue weighted by Crippen LogP contribution is 2.30. The lowest BCUT2D eigenvalue weighted by Crippen LogP contribution is -2.13. The highest BCUT2D eigenvalue weighted by molar-refractivity contribution is 7.13. The molecule has 31 heavy (non-hydrogen) atoms. The fourth-order valence-electron chi connectivity index (χ4n) is 3.23. The van der Waals surface area contributed by atoms with Crippen LogP contribution in [0.25, 0.3) is 28.2 Å². The molecule has 0 aliphatic heterocycles. The molecule has 0 saturated carbocycles. The molecule has 0 saturated heterocycles. The Morgan fingerprint density at radius 1 is 0.774 bits per heavy atom. The van der Waals surface area contributed by atoms with Gasteiger partial charge >= 0.3 is 0 Å². The average molecular weight is 424 g/mol. The van der Waals surface area contributed by atoms with Crippen LogP contribution in [0.2, 0.25) is 0 Å². The molecule has 2 heterocycles.